The van der Waals surface area contributed by atoms with Gasteiger partial charge < -0.3 is 10.1 Å². The van der Waals surface area contributed by atoms with Gasteiger partial charge in [0.1, 0.15) is 0 Å². The zero-order valence-electron chi connectivity index (χ0n) is 9.76. The molecule has 1 atom stereocenters. The van der Waals surface area contributed by atoms with Crippen molar-refractivity contribution in [2.45, 2.75) is 19.9 Å². The molecule has 4 heteroatoms. The molecule has 1 N–H and O–H groups in total. The molecule has 0 amide bonds. The van der Waals surface area contributed by atoms with Crippen molar-refractivity contribution >= 4 is 33.2 Å². The Labute approximate surface area is 110 Å². The molecule has 0 aliphatic heterocycles. The van der Waals surface area contributed by atoms with E-state index in [-0.39, 0.29) is 6.04 Å². The molecule has 1 aromatic rings. The number of nitrogens with one attached hydrogen (secondary N) is 1. The van der Waals surface area contributed by atoms with E-state index >= 15 is 0 Å². The molecule has 0 radical (unpaired) electrons. The Hall–Kier alpha value is -0.250. The molecule has 16 heavy (non-hydrogen) atoms. The number of rotatable bonds is 5. The summed E-state index contributed by atoms with van der Waals surface area (Å²) >= 11 is 9.51. The van der Waals surface area contributed by atoms with Crippen molar-refractivity contribution in [2.75, 3.05) is 19.0 Å². The van der Waals surface area contributed by atoms with Crippen molar-refractivity contribution in [2.24, 2.45) is 5.92 Å². The minimum absolute atomic E-state index is 0.278. The van der Waals surface area contributed by atoms with Crippen LogP contribution in [0.25, 0.3) is 0 Å². The maximum Gasteiger partial charge on any atom is 0.0666 e. The van der Waals surface area contributed by atoms with E-state index in [0.717, 1.165) is 10.2 Å². The van der Waals surface area contributed by atoms with Gasteiger partial charge in [-0.1, -0.05) is 31.5 Å². The summed E-state index contributed by atoms with van der Waals surface area (Å²) in [5.74, 6) is 0.492. The smallest absolute Gasteiger partial charge is 0.0666 e. The summed E-state index contributed by atoms with van der Waals surface area (Å²) in [5.41, 5.74) is 1.00. The molecule has 1 unspecified atom stereocenters. The Morgan fingerprint density at radius 2 is 2.12 bits per heavy atom. The van der Waals surface area contributed by atoms with Gasteiger partial charge in [-0.3, -0.25) is 0 Å². The van der Waals surface area contributed by atoms with E-state index in [4.69, 9.17) is 16.3 Å². The molecule has 0 spiro atoms. The van der Waals surface area contributed by atoms with Crippen LogP contribution in [0.1, 0.15) is 13.8 Å². The molecule has 1 aromatic carbocycles. The van der Waals surface area contributed by atoms with Gasteiger partial charge in [0, 0.05) is 7.11 Å². The Kier molecular flexibility index (Phi) is 5.59. The van der Waals surface area contributed by atoms with Crippen molar-refractivity contribution in [1.82, 2.24) is 0 Å². The summed E-state index contributed by atoms with van der Waals surface area (Å²) in [6, 6.07) is 6.07. The van der Waals surface area contributed by atoms with Crippen LogP contribution in [0.5, 0.6) is 0 Å². The fraction of sp³-hybridized carbons (Fsp3) is 0.500. The number of ether oxygens (including phenoxy) is 1. The summed E-state index contributed by atoms with van der Waals surface area (Å²) in [4.78, 5) is 0. The average Bonchev–Trinajstić information content (AvgIpc) is 2.23. The van der Waals surface area contributed by atoms with Crippen LogP contribution in [0.15, 0.2) is 22.7 Å². The largest absolute Gasteiger partial charge is 0.383 e. The number of halogens is 2. The van der Waals surface area contributed by atoms with Gasteiger partial charge in [0.15, 0.2) is 0 Å². The number of hydrogen-bond acceptors (Lipinski definition) is 2. The third kappa shape index (κ3) is 3.65. The van der Waals surface area contributed by atoms with Crippen LogP contribution in [-0.4, -0.2) is 19.8 Å². The fourth-order valence-corrected chi connectivity index (χ4v) is 1.95. The standard InChI is InChI=1S/C12H17BrClNO/c1-8(2)11(7-16-3)15-10-6-4-5-9(14)12(10)13/h4-6,8,11,15H,7H2,1-3H3. The first-order valence-electron chi connectivity index (χ1n) is 5.25. The highest BCUT2D eigenvalue weighted by molar-refractivity contribution is 9.10. The van der Waals surface area contributed by atoms with Crippen LogP contribution in [-0.2, 0) is 4.74 Å². The van der Waals surface area contributed by atoms with Gasteiger partial charge in [-0.15, -0.1) is 0 Å². The normalized spacial score (nSPS) is 12.9. The van der Waals surface area contributed by atoms with Crippen LogP contribution >= 0.6 is 27.5 Å². The predicted octanol–water partition coefficient (Wildman–Crippen LogP) is 4.19. The molecule has 0 bridgehead atoms. The van der Waals surface area contributed by atoms with Gasteiger partial charge in [-0.25, -0.2) is 0 Å². The Morgan fingerprint density at radius 3 is 2.69 bits per heavy atom. The maximum atomic E-state index is 6.04. The van der Waals surface area contributed by atoms with Crippen molar-refractivity contribution < 1.29 is 4.74 Å². The second kappa shape index (κ2) is 6.48. The van der Waals surface area contributed by atoms with Gasteiger partial charge in [0.05, 0.1) is 27.8 Å². The molecule has 0 saturated carbocycles. The van der Waals surface area contributed by atoms with Crippen molar-refractivity contribution in [3.05, 3.63) is 27.7 Å². The lowest BCUT2D eigenvalue weighted by molar-refractivity contribution is 0.171. The first-order valence-corrected chi connectivity index (χ1v) is 6.42. The van der Waals surface area contributed by atoms with Crippen molar-refractivity contribution in [1.29, 1.82) is 0 Å². The molecule has 0 fully saturated rings. The molecule has 2 nitrogen and oxygen atoms in total. The van der Waals surface area contributed by atoms with Gasteiger partial charge in [0.25, 0.3) is 0 Å². The molecule has 0 saturated heterocycles. The number of anilines is 1. The van der Waals surface area contributed by atoms with E-state index in [2.05, 4.69) is 35.1 Å². The highest BCUT2D eigenvalue weighted by atomic mass is 79.9. The molecular weight excluding hydrogens is 289 g/mol. The van der Waals surface area contributed by atoms with Gasteiger partial charge in [-0.2, -0.15) is 0 Å². The number of hydrogen-bond donors (Lipinski definition) is 1. The van der Waals surface area contributed by atoms with E-state index in [1.54, 1.807) is 7.11 Å². The van der Waals surface area contributed by atoms with Crippen molar-refractivity contribution in [3.8, 4) is 0 Å². The molecule has 0 aliphatic carbocycles. The van der Waals surface area contributed by atoms with Crippen LogP contribution in [0, 0.1) is 5.92 Å². The van der Waals surface area contributed by atoms with Crippen LogP contribution in [0.4, 0.5) is 5.69 Å². The topological polar surface area (TPSA) is 21.3 Å². The maximum absolute atomic E-state index is 6.04. The first kappa shape index (κ1) is 13.8. The third-order valence-electron chi connectivity index (χ3n) is 2.44. The molecule has 0 aliphatic rings. The summed E-state index contributed by atoms with van der Waals surface area (Å²) < 4.78 is 6.10. The van der Waals surface area contributed by atoms with Gasteiger partial charge in [0.2, 0.25) is 0 Å². The quantitative estimate of drug-likeness (QED) is 0.881. The predicted molar refractivity (Wildman–Crippen MR) is 73.3 cm³/mol. The van der Waals surface area contributed by atoms with Crippen LogP contribution in [0.2, 0.25) is 5.02 Å². The SMILES string of the molecule is COCC(Nc1cccc(Cl)c1Br)C(C)C. The number of methoxy groups -OCH3 is 1. The average molecular weight is 307 g/mol. The minimum Gasteiger partial charge on any atom is -0.383 e. The lowest BCUT2D eigenvalue weighted by Crippen LogP contribution is -2.30. The second-order valence-corrected chi connectivity index (χ2v) is 5.25. The van der Waals surface area contributed by atoms with E-state index in [0.29, 0.717) is 17.5 Å². The molecule has 0 heterocycles. The summed E-state index contributed by atoms with van der Waals surface area (Å²) in [7, 11) is 1.71. The monoisotopic (exact) mass is 305 g/mol. The Morgan fingerprint density at radius 1 is 1.44 bits per heavy atom. The van der Waals surface area contributed by atoms with E-state index in [9.17, 15) is 0 Å². The van der Waals surface area contributed by atoms with E-state index in [1.165, 1.54) is 0 Å². The lowest BCUT2D eigenvalue weighted by Gasteiger charge is -2.23. The highest BCUT2D eigenvalue weighted by Crippen LogP contribution is 2.31. The second-order valence-electron chi connectivity index (χ2n) is 4.05. The zero-order valence-corrected chi connectivity index (χ0v) is 12.1. The fourth-order valence-electron chi connectivity index (χ4n) is 1.40. The summed E-state index contributed by atoms with van der Waals surface area (Å²) in [5, 5.41) is 4.15. The van der Waals surface area contributed by atoms with E-state index < -0.39 is 0 Å². The number of benzene rings is 1. The minimum atomic E-state index is 0.278. The summed E-state index contributed by atoms with van der Waals surface area (Å²) in [6.07, 6.45) is 0. The summed E-state index contributed by atoms with van der Waals surface area (Å²) in [6.45, 7) is 5.00. The van der Waals surface area contributed by atoms with Gasteiger partial charge >= 0.3 is 0 Å². The lowest BCUT2D eigenvalue weighted by atomic mass is 10.1. The first-order chi connectivity index (χ1) is 7.56. The van der Waals surface area contributed by atoms with E-state index in [1.807, 2.05) is 18.2 Å². The molecule has 1 rings (SSSR count). The van der Waals surface area contributed by atoms with Crippen LogP contribution < -0.4 is 5.32 Å². The zero-order chi connectivity index (χ0) is 12.1. The molecule has 90 valence electrons. The highest BCUT2D eigenvalue weighted by Gasteiger charge is 2.14. The van der Waals surface area contributed by atoms with Gasteiger partial charge in [-0.05, 0) is 34.0 Å². The third-order valence-corrected chi connectivity index (χ3v) is 3.84. The molecular formula is C12H17BrClNO. The van der Waals surface area contributed by atoms with Crippen LogP contribution in [0.3, 0.4) is 0 Å². The van der Waals surface area contributed by atoms with Crippen molar-refractivity contribution in [3.63, 3.8) is 0 Å². The Bertz CT molecular complexity index is 344. The molecule has 0 aromatic heterocycles. The Balaban J connectivity index is 2.81.